The normalized spacial score (nSPS) is 18.1. The summed E-state index contributed by atoms with van der Waals surface area (Å²) < 4.78 is 1.25. The molecule has 2 nitrogen and oxygen atoms in total. The maximum atomic E-state index is 6.44. The number of halogens is 1. The Balaban J connectivity index is 1.90. The molecule has 0 bridgehead atoms. The van der Waals surface area contributed by atoms with Crippen molar-refractivity contribution in [1.82, 2.24) is 4.90 Å². The standard InChI is InChI=1S/C15H13ClN2S2/c1-2-12-14(18-5-4-17-15(18)20-12)9-7-11(16)10-3-6-19-13(10)8-9/h3,6-8H,2,4-5H2,1H3. The number of allylic oxidation sites excluding steroid dienone is 1. The minimum absolute atomic E-state index is 0.844. The molecule has 0 fully saturated rings. The fourth-order valence-corrected chi connectivity index (χ4v) is 5.08. The second kappa shape index (κ2) is 4.79. The molecule has 2 aliphatic heterocycles. The van der Waals surface area contributed by atoms with E-state index in [4.69, 9.17) is 11.6 Å². The molecule has 0 saturated carbocycles. The molecular weight excluding hydrogens is 308 g/mol. The largest absolute Gasteiger partial charge is 0.318 e. The van der Waals surface area contributed by atoms with Gasteiger partial charge in [0.25, 0.3) is 0 Å². The summed E-state index contributed by atoms with van der Waals surface area (Å²) in [4.78, 5) is 8.32. The molecule has 0 atom stereocenters. The lowest BCUT2D eigenvalue weighted by molar-refractivity contribution is 0.647. The summed E-state index contributed by atoms with van der Waals surface area (Å²) in [6.07, 6.45) is 1.04. The second-order valence-electron chi connectivity index (χ2n) is 4.83. The van der Waals surface area contributed by atoms with Crippen molar-refractivity contribution in [3.63, 3.8) is 0 Å². The highest BCUT2D eigenvalue weighted by molar-refractivity contribution is 8.17. The Labute approximate surface area is 131 Å². The first kappa shape index (κ1) is 12.7. The Kier molecular flexibility index (Phi) is 3.05. The molecule has 1 aromatic carbocycles. The zero-order valence-corrected chi connectivity index (χ0v) is 13.4. The van der Waals surface area contributed by atoms with E-state index in [0.717, 1.165) is 35.1 Å². The van der Waals surface area contributed by atoms with Gasteiger partial charge in [-0.3, -0.25) is 4.99 Å². The Morgan fingerprint density at radius 1 is 1.40 bits per heavy atom. The second-order valence-corrected chi connectivity index (χ2v) is 7.25. The van der Waals surface area contributed by atoms with E-state index in [1.54, 1.807) is 11.3 Å². The van der Waals surface area contributed by atoms with Crippen LogP contribution in [0.15, 0.2) is 33.5 Å². The van der Waals surface area contributed by atoms with Gasteiger partial charge in [-0.2, -0.15) is 0 Å². The number of rotatable bonds is 2. The van der Waals surface area contributed by atoms with Crippen molar-refractivity contribution in [3.8, 4) is 0 Å². The molecule has 0 aliphatic carbocycles. The van der Waals surface area contributed by atoms with Crippen LogP contribution in [0.1, 0.15) is 18.9 Å². The molecule has 1 aromatic heterocycles. The average Bonchev–Trinajstić information content (AvgIpc) is 3.12. The minimum atomic E-state index is 0.844. The maximum Gasteiger partial charge on any atom is 0.168 e. The number of hydrogen-bond donors (Lipinski definition) is 0. The van der Waals surface area contributed by atoms with Crippen molar-refractivity contribution < 1.29 is 0 Å². The van der Waals surface area contributed by atoms with Crippen LogP contribution >= 0.6 is 34.7 Å². The minimum Gasteiger partial charge on any atom is -0.318 e. The van der Waals surface area contributed by atoms with Crippen LogP contribution in [0.25, 0.3) is 15.8 Å². The molecule has 2 aliphatic rings. The van der Waals surface area contributed by atoms with E-state index in [9.17, 15) is 0 Å². The van der Waals surface area contributed by atoms with E-state index in [0.29, 0.717) is 0 Å². The first-order valence-electron chi connectivity index (χ1n) is 6.68. The van der Waals surface area contributed by atoms with Crippen molar-refractivity contribution >= 4 is 55.7 Å². The van der Waals surface area contributed by atoms with Gasteiger partial charge in [-0.25, -0.2) is 0 Å². The molecule has 0 unspecified atom stereocenters. The molecule has 2 aromatic rings. The molecule has 3 heterocycles. The Morgan fingerprint density at radius 3 is 3.15 bits per heavy atom. The quantitative estimate of drug-likeness (QED) is 0.769. The summed E-state index contributed by atoms with van der Waals surface area (Å²) in [5, 5.41) is 5.25. The molecule has 0 amide bonds. The summed E-state index contributed by atoms with van der Waals surface area (Å²) in [6.45, 7) is 4.09. The summed E-state index contributed by atoms with van der Waals surface area (Å²) in [5.41, 5.74) is 2.53. The molecule has 0 spiro atoms. The van der Waals surface area contributed by atoms with Crippen LogP contribution in [0.2, 0.25) is 5.02 Å². The fraction of sp³-hybridized carbons (Fsp3) is 0.267. The van der Waals surface area contributed by atoms with Gasteiger partial charge >= 0.3 is 0 Å². The van der Waals surface area contributed by atoms with Gasteiger partial charge in [0.05, 0.1) is 12.2 Å². The van der Waals surface area contributed by atoms with Gasteiger partial charge in [0.2, 0.25) is 0 Å². The molecule has 20 heavy (non-hydrogen) atoms. The topological polar surface area (TPSA) is 15.6 Å². The van der Waals surface area contributed by atoms with Crippen molar-refractivity contribution in [2.24, 2.45) is 4.99 Å². The van der Waals surface area contributed by atoms with E-state index < -0.39 is 0 Å². The van der Waals surface area contributed by atoms with Gasteiger partial charge in [-0.15, -0.1) is 11.3 Å². The van der Waals surface area contributed by atoms with E-state index >= 15 is 0 Å². The highest BCUT2D eigenvalue weighted by Crippen LogP contribution is 2.44. The van der Waals surface area contributed by atoms with Crippen LogP contribution < -0.4 is 0 Å². The van der Waals surface area contributed by atoms with Gasteiger partial charge in [-0.05, 0) is 30.0 Å². The lowest BCUT2D eigenvalue weighted by atomic mass is 10.1. The number of thioether (sulfide) groups is 1. The van der Waals surface area contributed by atoms with Gasteiger partial charge in [0.15, 0.2) is 5.17 Å². The SMILES string of the molecule is CCC1=C(c2cc(Cl)c3ccsc3c2)N2CCN=C2S1. The number of aliphatic imine (C=N–C) groups is 1. The van der Waals surface area contributed by atoms with Gasteiger partial charge < -0.3 is 4.90 Å². The lowest BCUT2D eigenvalue weighted by Gasteiger charge is -2.17. The molecule has 0 radical (unpaired) electrons. The summed E-state index contributed by atoms with van der Waals surface area (Å²) >= 11 is 10.0. The molecule has 4 rings (SSSR count). The third-order valence-corrected chi connectivity index (χ3v) is 6.10. The van der Waals surface area contributed by atoms with Crippen LogP contribution in [0.3, 0.4) is 0 Å². The van der Waals surface area contributed by atoms with Crippen LogP contribution in [-0.2, 0) is 0 Å². The first-order chi connectivity index (χ1) is 9.78. The van der Waals surface area contributed by atoms with Crippen LogP contribution in [-0.4, -0.2) is 23.2 Å². The predicted molar refractivity (Wildman–Crippen MR) is 90.6 cm³/mol. The number of amidine groups is 1. The molecule has 5 heteroatoms. The van der Waals surface area contributed by atoms with Crippen molar-refractivity contribution in [2.75, 3.05) is 13.1 Å². The number of hydrogen-bond acceptors (Lipinski definition) is 4. The number of benzene rings is 1. The summed E-state index contributed by atoms with van der Waals surface area (Å²) in [5.74, 6) is 0. The van der Waals surface area contributed by atoms with Crippen LogP contribution in [0, 0.1) is 0 Å². The summed E-state index contributed by atoms with van der Waals surface area (Å²) in [6, 6.07) is 6.45. The first-order valence-corrected chi connectivity index (χ1v) is 8.75. The highest BCUT2D eigenvalue weighted by atomic mass is 35.5. The number of nitrogens with zero attached hydrogens (tertiary/aromatic N) is 2. The van der Waals surface area contributed by atoms with E-state index in [1.807, 2.05) is 11.8 Å². The fourth-order valence-electron chi connectivity index (χ4n) is 2.75. The molecule has 102 valence electrons. The van der Waals surface area contributed by atoms with E-state index in [2.05, 4.69) is 40.4 Å². The monoisotopic (exact) mass is 320 g/mol. The Morgan fingerprint density at radius 2 is 2.30 bits per heavy atom. The number of fused-ring (bicyclic) bond motifs is 2. The zero-order valence-electron chi connectivity index (χ0n) is 11.0. The van der Waals surface area contributed by atoms with Crippen LogP contribution in [0.5, 0.6) is 0 Å². The zero-order chi connectivity index (χ0) is 13.7. The molecule has 0 saturated heterocycles. The lowest BCUT2D eigenvalue weighted by Crippen LogP contribution is -2.20. The van der Waals surface area contributed by atoms with Gasteiger partial charge in [0, 0.05) is 32.1 Å². The average molecular weight is 321 g/mol. The summed E-state index contributed by atoms with van der Waals surface area (Å²) in [7, 11) is 0. The van der Waals surface area contributed by atoms with Gasteiger partial charge in [-0.1, -0.05) is 30.3 Å². The number of thiophene rings is 1. The van der Waals surface area contributed by atoms with Gasteiger partial charge in [0.1, 0.15) is 0 Å². The highest BCUT2D eigenvalue weighted by Gasteiger charge is 2.32. The van der Waals surface area contributed by atoms with Crippen molar-refractivity contribution in [2.45, 2.75) is 13.3 Å². The van der Waals surface area contributed by atoms with Crippen LogP contribution in [0.4, 0.5) is 0 Å². The van der Waals surface area contributed by atoms with Crippen molar-refractivity contribution in [3.05, 3.63) is 39.1 Å². The third-order valence-electron chi connectivity index (χ3n) is 3.67. The van der Waals surface area contributed by atoms with E-state index in [-0.39, 0.29) is 0 Å². The van der Waals surface area contributed by atoms with E-state index in [1.165, 1.54) is 20.9 Å². The smallest absolute Gasteiger partial charge is 0.168 e. The third kappa shape index (κ3) is 1.82. The molecular formula is C15H13ClN2S2. The van der Waals surface area contributed by atoms with Crippen molar-refractivity contribution in [1.29, 1.82) is 0 Å². The Bertz CT molecular complexity index is 760. The Hall–Kier alpha value is -0.970. The maximum absolute atomic E-state index is 6.44. The molecule has 0 N–H and O–H groups in total. The predicted octanol–water partition coefficient (Wildman–Crippen LogP) is 5.05.